The highest BCUT2D eigenvalue weighted by molar-refractivity contribution is 6.02. The molecule has 2 aromatic carbocycles. The van der Waals surface area contributed by atoms with Crippen molar-refractivity contribution in [1.82, 2.24) is 15.5 Å². The SMILES string of the molecule is Cc1ccc2c(c1)N[C@@]1(CCC(=O)N([C@H](C)C(=O)NCc3ccc(F)cc3)CC1)NC2=O. The number of nitrogens with zero attached hydrogens (tertiary/aromatic N) is 1. The third-order valence-corrected chi connectivity index (χ3v) is 6.24. The first kappa shape index (κ1) is 21.8. The van der Waals surface area contributed by atoms with Gasteiger partial charge in [0, 0.05) is 31.6 Å². The molecule has 3 N–H and O–H groups in total. The van der Waals surface area contributed by atoms with E-state index in [0.717, 1.165) is 16.8 Å². The van der Waals surface area contributed by atoms with Crippen molar-refractivity contribution in [3.05, 3.63) is 65.0 Å². The molecule has 3 amide bonds. The van der Waals surface area contributed by atoms with Gasteiger partial charge >= 0.3 is 0 Å². The number of nitrogens with one attached hydrogen (secondary N) is 3. The van der Waals surface area contributed by atoms with Crippen LogP contribution < -0.4 is 16.0 Å². The lowest BCUT2D eigenvalue weighted by atomic mass is 9.94. The minimum atomic E-state index is -0.730. The summed E-state index contributed by atoms with van der Waals surface area (Å²) in [6.45, 7) is 4.24. The Hall–Kier alpha value is -3.42. The van der Waals surface area contributed by atoms with Gasteiger partial charge in [0.15, 0.2) is 0 Å². The van der Waals surface area contributed by atoms with Gasteiger partial charge in [-0.15, -0.1) is 0 Å². The van der Waals surface area contributed by atoms with Crippen LogP contribution in [0, 0.1) is 12.7 Å². The van der Waals surface area contributed by atoms with Crippen LogP contribution in [0.1, 0.15) is 47.7 Å². The first-order chi connectivity index (χ1) is 15.3. The van der Waals surface area contributed by atoms with E-state index in [4.69, 9.17) is 0 Å². The van der Waals surface area contributed by atoms with E-state index in [2.05, 4.69) is 16.0 Å². The van der Waals surface area contributed by atoms with Crippen molar-refractivity contribution in [2.75, 3.05) is 11.9 Å². The van der Waals surface area contributed by atoms with Crippen LogP contribution in [0.2, 0.25) is 0 Å². The van der Waals surface area contributed by atoms with Crippen molar-refractivity contribution >= 4 is 23.4 Å². The monoisotopic (exact) mass is 438 g/mol. The summed E-state index contributed by atoms with van der Waals surface area (Å²) in [6, 6.07) is 10.9. The maximum Gasteiger partial charge on any atom is 0.255 e. The van der Waals surface area contributed by atoms with Gasteiger partial charge in [-0.3, -0.25) is 14.4 Å². The molecule has 1 spiro atoms. The van der Waals surface area contributed by atoms with Crippen molar-refractivity contribution in [2.24, 2.45) is 0 Å². The molecule has 0 radical (unpaired) electrons. The molecule has 0 bridgehead atoms. The van der Waals surface area contributed by atoms with E-state index in [1.54, 1.807) is 30.0 Å². The van der Waals surface area contributed by atoms with Crippen LogP contribution >= 0.6 is 0 Å². The van der Waals surface area contributed by atoms with Crippen molar-refractivity contribution in [3.8, 4) is 0 Å². The summed E-state index contributed by atoms with van der Waals surface area (Å²) in [4.78, 5) is 39.8. The number of fused-ring (bicyclic) bond motifs is 1. The van der Waals surface area contributed by atoms with Gasteiger partial charge in [0.05, 0.1) is 5.56 Å². The normalized spacial score (nSPS) is 21.3. The molecule has 0 aliphatic carbocycles. The second-order valence-electron chi connectivity index (χ2n) is 8.57. The zero-order chi connectivity index (χ0) is 22.9. The predicted octanol–water partition coefficient (Wildman–Crippen LogP) is 2.70. The summed E-state index contributed by atoms with van der Waals surface area (Å²) in [7, 11) is 0. The van der Waals surface area contributed by atoms with Gasteiger partial charge in [0.1, 0.15) is 17.5 Å². The first-order valence-electron chi connectivity index (χ1n) is 10.8. The molecule has 2 heterocycles. The highest BCUT2D eigenvalue weighted by Gasteiger charge is 2.41. The Morgan fingerprint density at radius 2 is 1.91 bits per heavy atom. The van der Waals surface area contributed by atoms with Gasteiger partial charge in [-0.05, 0) is 55.7 Å². The smallest absolute Gasteiger partial charge is 0.255 e. The largest absolute Gasteiger partial charge is 0.362 e. The second kappa shape index (κ2) is 8.61. The fourth-order valence-electron chi connectivity index (χ4n) is 4.30. The Kier molecular flexibility index (Phi) is 5.86. The minimum Gasteiger partial charge on any atom is -0.362 e. The molecule has 2 aliphatic rings. The molecular formula is C24H27FN4O3. The van der Waals surface area contributed by atoms with Gasteiger partial charge in [0.2, 0.25) is 11.8 Å². The van der Waals surface area contributed by atoms with E-state index in [-0.39, 0.29) is 36.5 Å². The van der Waals surface area contributed by atoms with E-state index < -0.39 is 11.7 Å². The Morgan fingerprint density at radius 3 is 2.66 bits per heavy atom. The number of hydrogen-bond acceptors (Lipinski definition) is 4. The Labute approximate surface area is 186 Å². The van der Waals surface area contributed by atoms with Gasteiger partial charge in [-0.25, -0.2) is 4.39 Å². The lowest BCUT2D eigenvalue weighted by Gasteiger charge is -2.40. The average molecular weight is 439 g/mol. The number of hydrogen-bond donors (Lipinski definition) is 3. The first-order valence-corrected chi connectivity index (χ1v) is 10.8. The van der Waals surface area contributed by atoms with Crippen molar-refractivity contribution < 1.29 is 18.8 Å². The molecule has 2 aliphatic heterocycles. The van der Waals surface area contributed by atoms with Gasteiger partial charge in [-0.1, -0.05) is 18.2 Å². The summed E-state index contributed by atoms with van der Waals surface area (Å²) in [5.74, 6) is -0.902. The predicted molar refractivity (Wildman–Crippen MR) is 118 cm³/mol. The summed E-state index contributed by atoms with van der Waals surface area (Å²) >= 11 is 0. The van der Waals surface area contributed by atoms with E-state index in [9.17, 15) is 18.8 Å². The van der Waals surface area contributed by atoms with Crippen molar-refractivity contribution in [3.63, 3.8) is 0 Å². The highest BCUT2D eigenvalue weighted by Crippen LogP contribution is 2.32. The molecule has 2 atom stereocenters. The standard InChI is InChI=1S/C24H27FN4O3/c1-15-3-8-19-20(13-15)27-24(28-23(19)32)10-9-21(30)29(12-11-24)16(2)22(31)26-14-17-4-6-18(25)7-5-17/h3-8,13,16,27H,9-12,14H2,1-2H3,(H,26,31)(H,28,32)/t16-,24+/m1/s1. The Bertz CT molecular complexity index is 1060. The average Bonchev–Trinajstić information content (AvgIpc) is 2.91. The molecule has 8 heteroatoms. The third kappa shape index (κ3) is 4.44. The Morgan fingerprint density at radius 1 is 1.16 bits per heavy atom. The quantitative estimate of drug-likeness (QED) is 0.685. The summed E-state index contributed by atoms with van der Waals surface area (Å²) in [6.07, 6.45) is 1.13. The van der Waals surface area contributed by atoms with E-state index >= 15 is 0 Å². The van der Waals surface area contributed by atoms with Crippen LogP contribution in [0.15, 0.2) is 42.5 Å². The number of aryl methyl sites for hydroxylation is 1. The zero-order valence-corrected chi connectivity index (χ0v) is 18.2. The molecule has 0 unspecified atom stereocenters. The van der Waals surface area contributed by atoms with Crippen LogP contribution in [0.5, 0.6) is 0 Å². The summed E-state index contributed by atoms with van der Waals surface area (Å²) in [5.41, 5.74) is 2.43. The third-order valence-electron chi connectivity index (χ3n) is 6.24. The maximum absolute atomic E-state index is 13.1. The molecule has 0 aromatic heterocycles. The van der Waals surface area contributed by atoms with Gasteiger partial charge in [0.25, 0.3) is 5.91 Å². The second-order valence-corrected chi connectivity index (χ2v) is 8.57. The molecule has 32 heavy (non-hydrogen) atoms. The Balaban J connectivity index is 1.42. The number of carbonyl (C=O) groups excluding carboxylic acids is 3. The zero-order valence-electron chi connectivity index (χ0n) is 18.2. The fourth-order valence-corrected chi connectivity index (χ4v) is 4.30. The van der Waals surface area contributed by atoms with Crippen LogP contribution in [-0.2, 0) is 16.1 Å². The topological polar surface area (TPSA) is 90.5 Å². The number of carbonyl (C=O) groups is 3. The molecule has 7 nitrogen and oxygen atoms in total. The van der Waals surface area contributed by atoms with Crippen LogP contribution in [0.4, 0.5) is 10.1 Å². The minimum absolute atomic E-state index is 0.127. The fraction of sp³-hybridized carbons (Fsp3) is 0.375. The molecule has 4 rings (SSSR count). The van der Waals surface area contributed by atoms with Gasteiger partial charge < -0.3 is 20.9 Å². The number of anilines is 1. The van der Waals surface area contributed by atoms with Gasteiger partial charge in [-0.2, -0.15) is 0 Å². The van der Waals surface area contributed by atoms with Crippen LogP contribution in [0.3, 0.4) is 0 Å². The molecule has 1 saturated heterocycles. The highest BCUT2D eigenvalue weighted by atomic mass is 19.1. The molecule has 168 valence electrons. The molecule has 1 fully saturated rings. The summed E-state index contributed by atoms with van der Waals surface area (Å²) < 4.78 is 13.1. The number of likely N-dealkylation sites (tertiary alicyclic amines) is 1. The van der Waals surface area contributed by atoms with Crippen LogP contribution in [0.25, 0.3) is 0 Å². The lowest BCUT2D eigenvalue weighted by molar-refractivity contribution is -0.139. The summed E-state index contributed by atoms with van der Waals surface area (Å²) in [5, 5.41) is 9.30. The van der Waals surface area contributed by atoms with Crippen LogP contribution in [-0.4, -0.2) is 40.9 Å². The van der Waals surface area contributed by atoms with Crippen molar-refractivity contribution in [2.45, 2.75) is 51.4 Å². The molecule has 2 aromatic rings. The number of benzene rings is 2. The molecule has 0 saturated carbocycles. The van der Waals surface area contributed by atoms with Crippen molar-refractivity contribution in [1.29, 1.82) is 0 Å². The lowest BCUT2D eigenvalue weighted by Crippen LogP contribution is -2.58. The van der Waals surface area contributed by atoms with E-state index in [0.29, 0.717) is 24.9 Å². The molecular weight excluding hydrogens is 411 g/mol. The maximum atomic E-state index is 13.1. The van der Waals surface area contributed by atoms with E-state index in [1.165, 1.54) is 12.1 Å². The number of amides is 3. The number of halogens is 1. The number of rotatable bonds is 4. The van der Waals surface area contributed by atoms with E-state index in [1.807, 2.05) is 19.1 Å².